The number of halogens is 2. The summed E-state index contributed by atoms with van der Waals surface area (Å²) in [6, 6.07) is 4.83. The van der Waals surface area contributed by atoms with Crippen LogP contribution in [0, 0.1) is 13.8 Å². The van der Waals surface area contributed by atoms with Crippen molar-refractivity contribution in [3.05, 3.63) is 50.8 Å². The van der Waals surface area contributed by atoms with E-state index in [0.29, 0.717) is 47.5 Å². The largest absolute Gasteiger partial charge is 0.361 e. The Balaban J connectivity index is 1.60. The van der Waals surface area contributed by atoms with Crippen LogP contribution >= 0.6 is 23.2 Å². The molecule has 0 unspecified atom stereocenters. The van der Waals surface area contributed by atoms with Crippen LogP contribution in [-0.4, -0.2) is 52.9 Å². The van der Waals surface area contributed by atoms with Crippen molar-refractivity contribution in [1.82, 2.24) is 15.0 Å². The van der Waals surface area contributed by atoms with E-state index in [1.54, 1.807) is 34.9 Å². The molecule has 0 spiro atoms. The molecular weight excluding hydrogens is 377 g/mol. The maximum atomic E-state index is 12.6. The summed E-state index contributed by atoms with van der Waals surface area (Å²) in [5, 5.41) is 4.70. The minimum absolute atomic E-state index is 0.0102. The molecule has 2 aromatic rings. The van der Waals surface area contributed by atoms with Gasteiger partial charge in [-0.05, 0) is 32.0 Å². The predicted octanol–water partition coefficient (Wildman–Crippen LogP) is 3.13. The molecule has 26 heavy (non-hydrogen) atoms. The number of carbonyl (C=O) groups excluding carboxylic acids is 2. The van der Waals surface area contributed by atoms with Gasteiger partial charge < -0.3 is 14.3 Å². The van der Waals surface area contributed by atoms with Gasteiger partial charge >= 0.3 is 0 Å². The number of rotatable bonds is 3. The van der Waals surface area contributed by atoms with Crippen LogP contribution in [0.1, 0.15) is 27.4 Å². The maximum Gasteiger partial charge on any atom is 0.255 e. The van der Waals surface area contributed by atoms with E-state index < -0.39 is 0 Å². The van der Waals surface area contributed by atoms with Crippen molar-refractivity contribution in [3.63, 3.8) is 0 Å². The zero-order valence-corrected chi connectivity index (χ0v) is 16.1. The lowest BCUT2D eigenvalue weighted by molar-refractivity contribution is -0.131. The summed E-state index contributed by atoms with van der Waals surface area (Å²) in [5.41, 5.74) is 2.00. The normalized spacial score (nSPS) is 14.6. The second-order valence-electron chi connectivity index (χ2n) is 6.28. The third kappa shape index (κ3) is 3.86. The molecule has 0 N–H and O–H groups in total. The van der Waals surface area contributed by atoms with E-state index >= 15 is 0 Å². The summed E-state index contributed by atoms with van der Waals surface area (Å²) < 4.78 is 5.11. The first kappa shape index (κ1) is 18.7. The smallest absolute Gasteiger partial charge is 0.255 e. The first-order chi connectivity index (χ1) is 12.4. The van der Waals surface area contributed by atoms with Gasteiger partial charge in [0.25, 0.3) is 5.91 Å². The number of aryl methyl sites for hydroxylation is 2. The summed E-state index contributed by atoms with van der Waals surface area (Å²) in [6.07, 6.45) is 0.262. The Labute approximate surface area is 161 Å². The number of piperazine rings is 1. The lowest BCUT2D eigenvalue weighted by atomic mass is 10.1. The van der Waals surface area contributed by atoms with Crippen LogP contribution in [0.4, 0.5) is 0 Å². The second-order valence-corrected chi connectivity index (χ2v) is 7.12. The van der Waals surface area contributed by atoms with Crippen LogP contribution in [0.5, 0.6) is 0 Å². The number of carbonyl (C=O) groups is 2. The summed E-state index contributed by atoms with van der Waals surface area (Å²) in [5.74, 6) is 0.530. The fourth-order valence-electron chi connectivity index (χ4n) is 3.01. The topological polar surface area (TPSA) is 66.7 Å². The fourth-order valence-corrected chi connectivity index (χ4v) is 3.50. The van der Waals surface area contributed by atoms with Crippen molar-refractivity contribution in [2.45, 2.75) is 20.3 Å². The fraction of sp³-hybridized carbons (Fsp3) is 0.389. The average molecular weight is 396 g/mol. The molecule has 6 nitrogen and oxygen atoms in total. The Kier molecular flexibility index (Phi) is 5.53. The highest BCUT2D eigenvalue weighted by molar-refractivity contribution is 6.36. The van der Waals surface area contributed by atoms with Gasteiger partial charge in [0.1, 0.15) is 5.76 Å². The van der Waals surface area contributed by atoms with Crippen LogP contribution in [0.25, 0.3) is 0 Å². The summed E-state index contributed by atoms with van der Waals surface area (Å²) in [7, 11) is 0. The minimum Gasteiger partial charge on any atom is -0.361 e. The molecule has 1 saturated heterocycles. The predicted molar refractivity (Wildman–Crippen MR) is 98.6 cm³/mol. The summed E-state index contributed by atoms with van der Waals surface area (Å²) >= 11 is 12.0. The highest BCUT2D eigenvalue weighted by Crippen LogP contribution is 2.23. The average Bonchev–Trinajstić information content (AvgIpc) is 2.93. The summed E-state index contributed by atoms with van der Waals surface area (Å²) in [4.78, 5) is 28.6. The van der Waals surface area contributed by atoms with Gasteiger partial charge in [0, 0.05) is 36.8 Å². The Morgan fingerprint density at radius 1 is 1.12 bits per heavy atom. The Morgan fingerprint density at radius 2 is 1.77 bits per heavy atom. The lowest BCUT2D eigenvalue weighted by Crippen LogP contribution is -2.51. The number of nitrogens with zero attached hydrogens (tertiary/aromatic N) is 3. The monoisotopic (exact) mass is 395 g/mol. The SMILES string of the molecule is Cc1noc(C)c1CC(=O)N1CCN(C(=O)c2ccc(Cl)cc2Cl)CC1. The molecule has 0 aliphatic carbocycles. The van der Waals surface area contributed by atoms with Crippen molar-refractivity contribution in [2.24, 2.45) is 0 Å². The number of aromatic nitrogens is 1. The van der Waals surface area contributed by atoms with E-state index in [1.807, 2.05) is 6.92 Å². The van der Waals surface area contributed by atoms with Crippen molar-refractivity contribution in [1.29, 1.82) is 0 Å². The van der Waals surface area contributed by atoms with Gasteiger partial charge in [-0.25, -0.2) is 0 Å². The van der Waals surface area contributed by atoms with E-state index in [4.69, 9.17) is 27.7 Å². The molecule has 0 atom stereocenters. The highest BCUT2D eigenvalue weighted by Gasteiger charge is 2.27. The zero-order chi connectivity index (χ0) is 18.8. The van der Waals surface area contributed by atoms with Crippen LogP contribution in [-0.2, 0) is 11.2 Å². The Hall–Kier alpha value is -2.05. The van der Waals surface area contributed by atoms with Crippen molar-refractivity contribution in [2.75, 3.05) is 26.2 Å². The molecule has 0 bridgehead atoms. The van der Waals surface area contributed by atoms with Crippen LogP contribution < -0.4 is 0 Å². The zero-order valence-electron chi connectivity index (χ0n) is 14.6. The molecule has 1 aromatic heterocycles. The third-order valence-electron chi connectivity index (χ3n) is 4.59. The van der Waals surface area contributed by atoms with Gasteiger partial charge in [-0.3, -0.25) is 9.59 Å². The number of hydrogen-bond acceptors (Lipinski definition) is 4. The van der Waals surface area contributed by atoms with Crippen LogP contribution in [0.15, 0.2) is 22.7 Å². The van der Waals surface area contributed by atoms with Crippen molar-refractivity contribution in [3.8, 4) is 0 Å². The second kappa shape index (κ2) is 7.68. The molecule has 0 saturated carbocycles. The molecule has 138 valence electrons. The maximum absolute atomic E-state index is 12.6. The first-order valence-corrected chi connectivity index (χ1v) is 9.06. The third-order valence-corrected chi connectivity index (χ3v) is 5.14. The van der Waals surface area contributed by atoms with Crippen molar-refractivity contribution < 1.29 is 14.1 Å². The van der Waals surface area contributed by atoms with Gasteiger partial charge in [0.15, 0.2) is 0 Å². The molecule has 1 fully saturated rings. The van der Waals surface area contributed by atoms with Gasteiger partial charge in [-0.1, -0.05) is 28.4 Å². The number of amides is 2. The van der Waals surface area contributed by atoms with Crippen LogP contribution in [0.2, 0.25) is 10.0 Å². The molecule has 1 aliphatic heterocycles. The van der Waals surface area contributed by atoms with Crippen molar-refractivity contribution >= 4 is 35.0 Å². The Bertz CT molecular complexity index is 823. The van der Waals surface area contributed by atoms with E-state index in [2.05, 4.69) is 5.16 Å². The van der Waals surface area contributed by atoms with Gasteiger partial charge in [0.05, 0.1) is 22.7 Å². The molecule has 1 aliphatic rings. The van der Waals surface area contributed by atoms with Gasteiger partial charge in [-0.2, -0.15) is 0 Å². The molecular formula is C18H19Cl2N3O3. The molecule has 1 aromatic carbocycles. The van der Waals surface area contributed by atoms with Gasteiger partial charge in [0.2, 0.25) is 5.91 Å². The lowest BCUT2D eigenvalue weighted by Gasteiger charge is -2.35. The summed E-state index contributed by atoms with van der Waals surface area (Å²) in [6.45, 7) is 5.52. The number of benzene rings is 1. The van der Waals surface area contributed by atoms with E-state index in [-0.39, 0.29) is 18.2 Å². The Morgan fingerprint density at radius 3 is 2.35 bits per heavy atom. The van der Waals surface area contributed by atoms with E-state index in [1.165, 1.54) is 0 Å². The quantitative estimate of drug-likeness (QED) is 0.800. The molecule has 8 heteroatoms. The van der Waals surface area contributed by atoms with E-state index in [9.17, 15) is 9.59 Å². The van der Waals surface area contributed by atoms with Gasteiger partial charge in [-0.15, -0.1) is 0 Å². The van der Waals surface area contributed by atoms with E-state index in [0.717, 1.165) is 11.3 Å². The molecule has 2 amide bonds. The number of hydrogen-bond donors (Lipinski definition) is 0. The highest BCUT2D eigenvalue weighted by atomic mass is 35.5. The molecule has 0 radical (unpaired) electrons. The minimum atomic E-state index is -0.149. The molecule has 2 heterocycles. The molecule has 3 rings (SSSR count). The first-order valence-electron chi connectivity index (χ1n) is 8.30. The standard InChI is InChI=1S/C18H19Cl2N3O3/c1-11-15(12(2)26-21-11)10-17(24)22-5-7-23(8-6-22)18(25)14-4-3-13(19)9-16(14)20/h3-4,9H,5-8,10H2,1-2H3. The van der Waals surface area contributed by atoms with Crippen LogP contribution in [0.3, 0.4) is 0 Å².